The van der Waals surface area contributed by atoms with E-state index in [9.17, 15) is 0 Å². The van der Waals surface area contributed by atoms with Crippen LogP contribution in [0.2, 0.25) is 0 Å². The van der Waals surface area contributed by atoms with E-state index in [4.69, 9.17) is 0 Å². The number of aromatic amines is 1. The average Bonchev–Trinajstić information content (AvgIpc) is 2.93. The zero-order chi connectivity index (χ0) is 14.7. The zero-order valence-electron chi connectivity index (χ0n) is 12.9. The Labute approximate surface area is 126 Å². The first-order valence-electron chi connectivity index (χ1n) is 7.80. The Morgan fingerprint density at radius 2 is 2.10 bits per heavy atom. The monoisotopic (exact) mass is 284 g/mol. The number of hydrogen-bond donors (Lipinski definition) is 2. The van der Waals surface area contributed by atoms with Gasteiger partial charge in [0, 0.05) is 43.5 Å². The van der Waals surface area contributed by atoms with Crippen LogP contribution in [-0.2, 0) is 13.0 Å². The lowest BCUT2D eigenvalue weighted by molar-refractivity contribution is 0.153. The predicted octanol–water partition coefficient (Wildman–Crippen LogP) is 2.43. The molecule has 1 saturated heterocycles. The van der Waals surface area contributed by atoms with Gasteiger partial charge in [0.25, 0.3) is 0 Å². The Morgan fingerprint density at radius 3 is 2.76 bits per heavy atom. The number of aryl methyl sites for hydroxylation is 2. The lowest BCUT2D eigenvalue weighted by Gasteiger charge is -2.36. The first kappa shape index (κ1) is 14.3. The Balaban J connectivity index is 1.78. The molecular formula is C17H24N4. The van der Waals surface area contributed by atoms with Crippen LogP contribution in [0.4, 0.5) is 0 Å². The second-order valence-electron chi connectivity index (χ2n) is 5.81. The van der Waals surface area contributed by atoms with Crippen molar-refractivity contribution in [2.24, 2.45) is 0 Å². The van der Waals surface area contributed by atoms with Crippen LogP contribution in [0, 0.1) is 6.92 Å². The maximum absolute atomic E-state index is 4.14. The van der Waals surface area contributed by atoms with Crippen LogP contribution in [0.3, 0.4) is 0 Å². The van der Waals surface area contributed by atoms with Gasteiger partial charge in [-0.15, -0.1) is 0 Å². The van der Waals surface area contributed by atoms with Gasteiger partial charge in [-0.05, 0) is 24.5 Å². The summed E-state index contributed by atoms with van der Waals surface area (Å²) in [5.41, 5.74) is 5.28. The Bertz CT molecular complexity index is 573. The molecule has 21 heavy (non-hydrogen) atoms. The number of H-pyrrole nitrogens is 1. The average molecular weight is 284 g/mol. The summed E-state index contributed by atoms with van der Waals surface area (Å²) >= 11 is 0. The molecule has 0 bridgehead atoms. The molecule has 1 aliphatic heterocycles. The number of aromatic nitrogens is 2. The highest BCUT2D eigenvalue weighted by atomic mass is 15.2. The Morgan fingerprint density at radius 1 is 1.29 bits per heavy atom. The van der Waals surface area contributed by atoms with Gasteiger partial charge >= 0.3 is 0 Å². The van der Waals surface area contributed by atoms with Crippen molar-refractivity contribution in [1.82, 2.24) is 20.4 Å². The van der Waals surface area contributed by atoms with Gasteiger partial charge in [-0.3, -0.25) is 10.00 Å². The fraction of sp³-hybridized carbons (Fsp3) is 0.471. The number of hydrogen-bond acceptors (Lipinski definition) is 3. The maximum Gasteiger partial charge on any atom is 0.0535 e. The van der Waals surface area contributed by atoms with Crippen LogP contribution >= 0.6 is 0 Å². The summed E-state index contributed by atoms with van der Waals surface area (Å²) in [4.78, 5) is 2.55. The second kappa shape index (κ2) is 6.41. The van der Waals surface area contributed by atoms with E-state index in [0.717, 1.165) is 32.6 Å². The molecule has 0 spiro atoms. The lowest BCUT2D eigenvalue weighted by atomic mass is 10.0. The number of nitrogens with zero attached hydrogens (tertiary/aromatic N) is 2. The van der Waals surface area contributed by atoms with Crippen molar-refractivity contribution >= 4 is 0 Å². The van der Waals surface area contributed by atoms with Crippen molar-refractivity contribution < 1.29 is 0 Å². The van der Waals surface area contributed by atoms with Crippen molar-refractivity contribution in [1.29, 1.82) is 0 Å². The van der Waals surface area contributed by atoms with Crippen LogP contribution in [-0.4, -0.2) is 34.7 Å². The molecule has 3 rings (SSSR count). The SMILES string of the molecule is CCc1ccc(C2CNCCN2Cc2cn[nH]c2C)cc1. The van der Waals surface area contributed by atoms with Crippen molar-refractivity contribution in [2.45, 2.75) is 32.9 Å². The summed E-state index contributed by atoms with van der Waals surface area (Å²) in [6.07, 6.45) is 3.05. The highest BCUT2D eigenvalue weighted by molar-refractivity contribution is 5.26. The largest absolute Gasteiger partial charge is 0.314 e. The third-order valence-corrected chi connectivity index (χ3v) is 4.43. The third kappa shape index (κ3) is 3.17. The van der Waals surface area contributed by atoms with Crippen molar-refractivity contribution in [2.75, 3.05) is 19.6 Å². The number of rotatable bonds is 4. The van der Waals surface area contributed by atoms with E-state index < -0.39 is 0 Å². The zero-order valence-corrected chi connectivity index (χ0v) is 12.9. The summed E-state index contributed by atoms with van der Waals surface area (Å²) in [7, 11) is 0. The Kier molecular flexibility index (Phi) is 4.36. The molecule has 1 fully saturated rings. The normalized spacial score (nSPS) is 19.8. The highest BCUT2D eigenvalue weighted by Crippen LogP contribution is 2.25. The summed E-state index contributed by atoms with van der Waals surface area (Å²) < 4.78 is 0. The molecule has 4 nitrogen and oxygen atoms in total. The number of nitrogens with one attached hydrogen (secondary N) is 2. The second-order valence-corrected chi connectivity index (χ2v) is 5.81. The summed E-state index contributed by atoms with van der Waals surface area (Å²) in [5, 5.41) is 10.7. The van der Waals surface area contributed by atoms with Crippen molar-refractivity contribution in [3.63, 3.8) is 0 Å². The number of piperazine rings is 1. The van der Waals surface area contributed by atoms with E-state index in [1.165, 1.54) is 22.4 Å². The van der Waals surface area contributed by atoms with Crippen LogP contribution in [0.1, 0.15) is 35.3 Å². The minimum absolute atomic E-state index is 0.443. The molecule has 2 N–H and O–H groups in total. The highest BCUT2D eigenvalue weighted by Gasteiger charge is 2.24. The standard InChI is InChI=1S/C17H24N4/c1-3-14-4-6-15(7-5-14)17-11-18-8-9-21(17)12-16-10-19-20-13(16)2/h4-7,10,17-18H,3,8-9,11-12H2,1-2H3,(H,19,20). The topological polar surface area (TPSA) is 44.0 Å². The number of benzene rings is 1. The molecule has 0 amide bonds. The first-order chi connectivity index (χ1) is 10.3. The van der Waals surface area contributed by atoms with E-state index in [-0.39, 0.29) is 0 Å². The fourth-order valence-corrected chi connectivity index (χ4v) is 2.99. The van der Waals surface area contributed by atoms with Crippen LogP contribution < -0.4 is 5.32 Å². The molecular weight excluding hydrogens is 260 g/mol. The summed E-state index contributed by atoms with van der Waals surface area (Å²) in [6.45, 7) is 8.40. The van der Waals surface area contributed by atoms with E-state index in [0.29, 0.717) is 6.04 Å². The van der Waals surface area contributed by atoms with Gasteiger partial charge in [0.05, 0.1) is 6.20 Å². The lowest BCUT2D eigenvalue weighted by Crippen LogP contribution is -2.45. The minimum atomic E-state index is 0.443. The summed E-state index contributed by atoms with van der Waals surface area (Å²) in [5.74, 6) is 0. The molecule has 1 atom stereocenters. The smallest absolute Gasteiger partial charge is 0.0535 e. The predicted molar refractivity (Wildman–Crippen MR) is 85.2 cm³/mol. The Hall–Kier alpha value is -1.65. The van der Waals surface area contributed by atoms with Gasteiger partial charge in [0.2, 0.25) is 0 Å². The van der Waals surface area contributed by atoms with Gasteiger partial charge < -0.3 is 5.32 Å². The van der Waals surface area contributed by atoms with Gasteiger partial charge in [0.1, 0.15) is 0 Å². The van der Waals surface area contributed by atoms with E-state index >= 15 is 0 Å². The summed E-state index contributed by atoms with van der Waals surface area (Å²) in [6, 6.07) is 9.52. The van der Waals surface area contributed by atoms with Gasteiger partial charge in [0.15, 0.2) is 0 Å². The van der Waals surface area contributed by atoms with Crippen molar-refractivity contribution in [3.8, 4) is 0 Å². The molecule has 1 unspecified atom stereocenters. The van der Waals surface area contributed by atoms with Crippen LogP contribution in [0.5, 0.6) is 0 Å². The molecule has 0 aliphatic carbocycles. The van der Waals surface area contributed by atoms with E-state index in [2.05, 4.69) is 58.5 Å². The van der Waals surface area contributed by atoms with E-state index in [1.807, 2.05) is 6.20 Å². The molecule has 1 aromatic heterocycles. The molecule has 4 heteroatoms. The van der Waals surface area contributed by atoms with Crippen molar-refractivity contribution in [3.05, 3.63) is 52.8 Å². The van der Waals surface area contributed by atoms with Gasteiger partial charge in [-0.2, -0.15) is 5.10 Å². The maximum atomic E-state index is 4.14. The fourth-order valence-electron chi connectivity index (χ4n) is 2.99. The van der Waals surface area contributed by atoms with Crippen LogP contribution in [0.25, 0.3) is 0 Å². The van der Waals surface area contributed by atoms with Gasteiger partial charge in [-0.25, -0.2) is 0 Å². The van der Waals surface area contributed by atoms with E-state index in [1.54, 1.807) is 0 Å². The molecule has 1 aromatic carbocycles. The molecule has 112 valence electrons. The first-order valence-corrected chi connectivity index (χ1v) is 7.80. The minimum Gasteiger partial charge on any atom is -0.314 e. The quantitative estimate of drug-likeness (QED) is 0.906. The molecule has 1 aliphatic rings. The third-order valence-electron chi connectivity index (χ3n) is 4.43. The van der Waals surface area contributed by atoms with Gasteiger partial charge in [-0.1, -0.05) is 31.2 Å². The molecule has 0 radical (unpaired) electrons. The van der Waals surface area contributed by atoms with Crippen LogP contribution in [0.15, 0.2) is 30.5 Å². The molecule has 0 saturated carbocycles. The molecule has 2 aromatic rings. The molecule has 2 heterocycles.